The van der Waals surface area contributed by atoms with E-state index < -0.39 is 0 Å². The van der Waals surface area contributed by atoms with E-state index in [1.807, 2.05) is 6.07 Å². The van der Waals surface area contributed by atoms with E-state index in [1.54, 1.807) is 0 Å². The molecule has 3 nitrogen and oxygen atoms in total. The first-order chi connectivity index (χ1) is 25.2. The molecule has 51 heavy (non-hydrogen) atoms. The second kappa shape index (κ2) is 11.9. The second-order valence-corrected chi connectivity index (χ2v) is 13.0. The number of anilines is 3. The van der Waals surface area contributed by atoms with Crippen LogP contribution >= 0.6 is 0 Å². The molecule has 0 bridgehead atoms. The van der Waals surface area contributed by atoms with E-state index in [0.29, 0.717) is 0 Å². The maximum Gasteiger partial charge on any atom is 0.142 e. The molecule has 240 valence electrons. The van der Waals surface area contributed by atoms with Crippen molar-refractivity contribution in [1.29, 1.82) is 0 Å². The van der Waals surface area contributed by atoms with Gasteiger partial charge in [0.25, 0.3) is 0 Å². The van der Waals surface area contributed by atoms with E-state index in [0.717, 1.165) is 72.4 Å². The van der Waals surface area contributed by atoms with Crippen LogP contribution in [0.3, 0.4) is 0 Å². The van der Waals surface area contributed by atoms with Crippen LogP contribution in [0.25, 0.3) is 77.3 Å². The summed E-state index contributed by atoms with van der Waals surface area (Å²) in [7, 11) is 0. The summed E-state index contributed by atoms with van der Waals surface area (Å²) >= 11 is 0. The Kier molecular flexibility index (Phi) is 6.81. The maximum absolute atomic E-state index is 6.47. The molecule has 8 aromatic carbocycles. The third kappa shape index (κ3) is 5.15. The molecular formula is C48H31NO2. The molecule has 0 aliphatic heterocycles. The summed E-state index contributed by atoms with van der Waals surface area (Å²) in [4.78, 5) is 2.29. The van der Waals surface area contributed by atoms with Gasteiger partial charge in [0.15, 0.2) is 0 Å². The van der Waals surface area contributed by atoms with Gasteiger partial charge >= 0.3 is 0 Å². The van der Waals surface area contributed by atoms with Crippen LogP contribution in [0.5, 0.6) is 0 Å². The predicted octanol–water partition coefficient (Wildman–Crippen LogP) is 14.0. The van der Waals surface area contributed by atoms with Crippen molar-refractivity contribution in [1.82, 2.24) is 0 Å². The zero-order valence-corrected chi connectivity index (χ0v) is 27.7. The first kappa shape index (κ1) is 29.1. The maximum atomic E-state index is 6.47. The van der Waals surface area contributed by atoms with Crippen LogP contribution in [0.1, 0.15) is 0 Å². The van der Waals surface area contributed by atoms with Crippen molar-refractivity contribution in [2.24, 2.45) is 0 Å². The Bertz CT molecular complexity index is 2670. The molecular weight excluding hydrogens is 623 g/mol. The fourth-order valence-electron chi connectivity index (χ4n) is 7.25. The SMILES string of the molecule is c1ccc(-c2ccc(N(c3ccc(-c4cc5ccc6ccccc6c5o4)cc3)c3ccc(-c4cc5ccc6ccccc6c5o4)cc3)cc2)cc1. The lowest BCUT2D eigenvalue weighted by molar-refractivity contribution is 0.634. The van der Waals surface area contributed by atoms with Gasteiger partial charge in [-0.1, -0.05) is 115 Å². The molecule has 10 rings (SSSR count). The molecule has 3 heteroatoms. The van der Waals surface area contributed by atoms with E-state index >= 15 is 0 Å². The highest BCUT2D eigenvalue weighted by molar-refractivity contribution is 6.06. The lowest BCUT2D eigenvalue weighted by atomic mass is 10.0. The van der Waals surface area contributed by atoms with Crippen molar-refractivity contribution < 1.29 is 8.83 Å². The molecule has 10 aromatic rings. The number of rotatable bonds is 6. The predicted molar refractivity (Wildman–Crippen MR) is 212 cm³/mol. The molecule has 0 fully saturated rings. The van der Waals surface area contributed by atoms with Crippen LogP contribution < -0.4 is 4.90 Å². The van der Waals surface area contributed by atoms with Crippen molar-refractivity contribution in [3.05, 3.63) is 188 Å². The number of benzene rings is 8. The Morgan fingerprint density at radius 1 is 0.294 bits per heavy atom. The van der Waals surface area contributed by atoms with Gasteiger partial charge in [0.05, 0.1) is 0 Å². The Morgan fingerprint density at radius 2 is 0.667 bits per heavy atom. The Hall–Kier alpha value is -6.84. The smallest absolute Gasteiger partial charge is 0.142 e. The molecule has 0 radical (unpaired) electrons. The summed E-state index contributed by atoms with van der Waals surface area (Å²) in [5.74, 6) is 1.71. The average Bonchev–Trinajstić information content (AvgIpc) is 3.85. The van der Waals surface area contributed by atoms with E-state index in [9.17, 15) is 0 Å². The van der Waals surface area contributed by atoms with Gasteiger partial charge in [-0.2, -0.15) is 0 Å². The van der Waals surface area contributed by atoms with Gasteiger partial charge in [-0.15, -0.1) is 0 Å². The second-order valence-electron chi connectivity index (χ2n) is 13.0. The third-order valence-corrected chi connectivity index (χ3v) is 9.87. The van der Waals surface area contributed by atoms with Crippen molar-refractivity contribution in [2.75, 3.05) is 4.90 Å². The minimum absolute atomic E-state index is 0.856. The van der Waals surface area contributed by atoms with E-state index in [2.05, 4.69) is 187 Å². The number of hydrogen-bond acceptors (Lipinski definition) is 3. The van der Waals surface area contributed by atoms with Crippen LogP contribution in [-0.2, 0) is 0 Å². The molecule has 2 aromatic heterocycles. The highest BCUT2D eigenvalue weighted by Crippen LogP contribution is 2.40. The molecule has 0 aliphatic carbocycles. The fraction of sp³-hybridized carbons (Fsp3) is 0. The lowest BCUT2D eigenvalue weighted by Gasteiger charge is -2.26. The summed E-state index contributed by atoms with van der Waals surface area (Å²) in [5, 5.41) is 6.81. The van der Waals surface area contributed by atoms with Crippen molar-refractivity contribution in [3.8, 4) is 33.8 Å². The van der Waals surface area contributed by atoms with Crippen LogP contribution in [0.2, 0.25) is 0 Å². The standard InChI is InChI=1S/C48H31NO2/c1-2-8-32(9-3-1)33-18-24-40(25-19-33)49(41-26-20-36(21-27-41)45-30-38-16-14-34-10-4-6-12-43(34)47(38)50-45)42-28-22-37(23-29-42)46-31-39-17-15-35-11-5-7-13-44(35)48(39)51-46/h1-31H. The van der Waals surface area contributed by atoms with E-state index in [-0.39, 0.29) is 0 Å². The summed E-state index contributed by atoms with van der Waals surface area (Å²) in [6, 6.07) is 66.1. The van der Waals surface area contributed by atoms with Gasteiger partial charge in [-0.3, -0.25) is 0 Å². The first-order valence-corrected chi connectivity index (χ1v) is 17.2. The third-order valence-electron chi connectivity index (χ3n) is 9.87. The van der Waals surface area contributed by atoms with Crippen LogP contribution in [0, 0.1) is 0 Å². The highest BCUT2D eigenvalue weighted by Gasteiger charge is 2.16. The quantitative estimate of drug-likeness (QED) is 0.179. The van der Waals surface area contributed by atoms with Gasteiger partial charge < -0.3 is 13.7 Å². The van der Waals surface area contributed by atoms with E-state index in [4.69, 9.17) is 8.83 Å². The van der Waals surface area contributed by atoms with Gasteiger partial charge in [-0.25, -0.2) is 0 Å². The number of furan rings is 2. The molecule has 0 amide bonds. The van der Waals surface area contributed by atoms with Gasteiger partial charge in [-0.05, 0) is 94.7 Å². The van der Waals surface area contributed by atoms with Crippen LogP contribution in [-0.4, -0.2) is 0 Å². The van der Waals surface area contributed by atoms with Crippen LogP contribution in [0.4, 0.5) is 17.1 Å². The summed E-state index contributed by atoms with van der Waals surface area (Å²) < 4.78 is 12.9. The summed E-state index contributed by atoms with van der Waals surface area (Å²) in [5.41, 5.74) is 9.46. The normalized spacial score (nSPS) is 11.5. The number of hydrogen-bond donors (Lipinski definition) is 0. The van der Waals surface area contributed by atoms with Gasteiger partial charge in [0.2, 0.25) is 0 Å². The minimum Gasteiger partial charge on any atom is -0.455 e. The Labute approximate surface area is 295 Å². The fourth-order valence-corrected chi connectivity index (χ4v) is 7.25. The number of nitrogens with zero attached hydrogens (tertiary/aromatic N) is 1. The van der Waals surface area contributed by atoms with Crippen molar-refractivity contribution in [2.45, 2.75) is 0 Å². The van der Waals surface area contributed by atoms with Crippen molar-refractivity contribution in [3.63, 3.8) is 0 Å². The van der Waals surface area contributed by atoms with Crippen molar-refractivity contribution >= 4 is 60.5 Å². The number of fused-ring (bicyclic) bond motifs is 6. The molecule has 0 saturated heterocycles. The molecule has 2 heterocycles. The lowest BCUT2D eigenvalue weighted by Crippen LogP contribution is -2.09. The molecule has 0 aliphatic rings. The summed E-state index contributed by atoms with van der Waals surface area (Å²) in [6.07, 6.45) is 0. The van der Waals surface area contributed by atoms with Gasteiger partial charge in [0.1, 0.15) is 22.7 Å². The Morgan fingerprint density at radius 3 is 1.14 bits per heavy atom. The summed E-state index contributed by atoms with van der Waals surface area (Å²) in [6.45, 7) is 0. The average molecular weight is 654 g/mol. The van der Waals surface area contributed by atoms with Crippen LogP contribution in [0.15, 0.2) is 197 Å². The molecule has 0 saturated carbocycles. The van der Waals surface area contributed by atoms with E-state index in [1.165, 1.54) is 21.9 Å². The Balaban J connectivity index is 1.03. The molecule has 0 atom stereocenters. The first-order valence-electron chi connectivity index (χ1n) is 17.2. The molecule has 0 spiro atoms. The monoisotopic (exact) mass is 653 g/mol. The topological polar surface area (TPSA) is 29.5 Å². The highest BCUT2D eigenvalue weighted by atomic mass is 16.3. The molecule has 0 unspecified atom stereocenters. The zero-order valence-electron chi connectivity index (χ0n) is 27.7. The zero-order chi connectivity index (χ0) is 33.7. The van der Waals surface area contributed by atoms with Gasteiger partial charge in [0, 0.05) is 49.7 Å². The molecule has 0 N–H and O–H groups in total. The largest absolute Gasteiger partial charge is 0.455 e. The minimum atomic E-state index is 0.856.